The quantitative estimate of drug-likeness (QED) is 0.212. The van der Waals surface area contributed by atoms with Gasteiger partial charge >= 0.3 is 0 Å². The molecule has 3 heteroatoms. The summed E-state index contributed by atoms with van der Waals surface area (Å²) in [6.07, 6.45) is 0. The molecular weight excluding hydrogens is 498 g/mol. The number of aromatic nitrogens is 1. The Balaban J connectivity index is 1.53. The standard InChI is InChI=1S/C36H20ClNO/c37-28-15-18-31(35-27-19-23-9-1-2-10-24(23)20-32(27)39-36(28)35)38-29-16-13-21-7-3-5-11-25(21)33(29)34-26-12-6-4-8-22(26)14-17-30(34)38/h1-20H. The Hall–Kier alpha value is -4.79. The van der Waals surface area contributed by atoms with Crippen molar-refractivity contribution >= 4 is 87.7 Å². The average molecular weight is 518 g/mol. The number of halogens is 1. The summed E-state index contributed by atoms with van der Waals surface area (Å²) in [4.78, 5) is 0. The second-order valence-corrected chi connectivity index (χ2v) is 10.7. The van der Waals surface area contributed by atoms with Crippen LogP contribution >= 0.6 is 11.6 Å². The van der Waals surface area contributed by atoms with E-state index in [2.05, 4.69) is 120 Å². The van der Waals surface area contributed by atoms with Crippen molar-refractivity contribution < 1.29 is 4.42 Å². The number of hydrogen-bond donors (Lipinski definition) is 0. The third kappa shape index (κ3) is 2.81. The summed E-state index contributed by atoms with van der Waals surface area (Å²) in [6, 6.07) is 43.1. The topological polar surface area (TPSA) is 18.1 Å². The fraction of sp³-hybridized carbons (Fsp3) is 0. The van der Waals surface area contributed by atoms with Gasteiger partial charge in [0.15, 0.2) is 5.58 Å². The second-order valence-electron chi connectivity index (χ2n) is 10.3. The van der Waals surface area contributed by atoms with Gasteiger partial charge in [-0.25, -0.2) is 0 Å². The van der Waals surface area contributed by atoms with Crippen LogP contribution in [0.3, 0.4) is 0 Å². The average Bonchev–Trinajstić information content (AvgIpc) is 3.53. The van der Waals surface area contributed by atoms with E-state index < -0.39 is 0 Å². The maximum Gasteiger partial charge on any atom is 0.156 e. The van der Waals surface area contributed by atoms with E-state index in [0.717, 1.165) is 33.0 Å². The molecule has 2 nitrogen and oxygen atoms in total. The minimum Gasteiger partial charge on any atom is -0.454 e. The van der Waals surface area contributed by atoms with Crippen LogP contribution in [0.1, 0.15) is 0 Å². The predicted molar refractivity (Wildman–Crippen MR) is 166 cm³/mol. The maximum absolute atomic E-state index is 6.78. The zero-order valence-electron chi connectivity index (χ0n) is 20.8. The van der Waals surface area contributed by atoms with Crippen LogP contribution in [0.15, 0.2) is 126 Å². The Labute approximate surface area is 228 Å². The molecule has 9 aromatic rings. The summed E-state index contributed by atoms with van der Waals surface area (Å²) < 4.78 is 8.84. The molecule has 39 heavy (non-hydrogen) atoms. The zero-order valence-corrected chi connectivity index (χ0v) is 21.5. The number of nitrogens with zero attached hydrogens (tertiary/aromatic N) is 1. The van der Waals surface area contributed by atoms with Gasteiger partial charge in [-0.1, -0.05) is 96.5 Å². The lowest BCUT2D eigenvalue weighted by molar-refractivity contribution is 0.669. The van der Waals surface area contributed by atoms with E-state index in [4.69, 9.17) is 16.0 Å². The fourth-order valence-corrected chi connectivity index (χ4v) is 6.71. The predicted octanol–water partition coefficient (Wildman–Crippen LogP) is 10.8. The van der Waals surface area contributed by atoms with Crippen LogP contribution < -0.4 is 0 Å². The summed E-state index contributed by atoms with van der Waals surface area (Å²) in [6.45, 7) is 0. The molecule has 0 bridgehead atoms. The van der Waals surface area contributed by atoms with Crippen LogP contribution in [0, 0.1) is 0 Å². The van der Waals surface area contributed by atoms with E-state index >= 15 is 0 Å². The fourth-order valence-electron chi connectivity index (χ4n) is 6.51. The number of fused-ring (bicyclic) bond motifs is 11. The highest BCUT2D eigenvalue weighted by atomic mass is 35.5. The van der Waals surface area contributed by atoms with Crippen LogP contribution in [-0.4, -0.2) is 4.57 Å². The van der Waals surface area contributed by atoms with Gasteiger partial charge in [-0.2, -0.15) is 0 Å². The molecular formula is C36H20ClNO. The maximum atomic E-state index is 6.78. The SMILES string of the molecule is Clc1ccc(-n2c3ccc4ccccc4c3c3c4ccccc4ccc32)c2c1oc1cc3ccccc3cc12. The number of furan rings is 1. The highest BCUT2D eigenvalue weighted by Gasteiger charge is 2.21. The lowest BCUT2D eigenvalue weighted by Crippen LogP contribution is -1.95. The summed E-state index contributed by atoms with van der Waals surface area (Å²) in [5.74, 6) is 0. The first-order chi connectivity index (χ1) is 19.3. The Morgan fingerprint density at radius 1 is 0.487 bits per heavy atom. The van der Waals surface area contributed by atoms with Crippen molar-refractivity contribution in [2.45, 2.75) is 0 Å². The molecule has 9 rings (SSSR count). The molecule has 0 saturated carbocycles. The Morgan fingerprint density at radius 2 is 1.05 bits per heavy atom. The van der Waals surface area contributed by atoms with Gasteiger partial charge < -0.3 is 8.98 Å². The van der Waals surface area contributed by atoms with Gasteiger partial charge in [0.05, 0.1) is 27.1 Å². The third-order valence-electron chi connectivity index (χ3n) is 8.20. The van der Waals surface area contributed by atoms with E-state index in [9.17, 15) is 0 Å². The molecule has 0 aliphatic carbocycles. The second kappa shape index (κ2) is 7.63. The van der Waals surface area contributed by atoms with E-state index in [0.29, 0.717) is 5.02 Å². The first-order valence-corrected chi connectivity index (χ1v) is 13.5. The van der Waals surface area contributed by atoms with Crippen molar-refractivity contribution in [3.8, 4) is 5.69 Å². The van der Waals surface area contributed by atoms with Crippen molar-refractivity contribution in [2.75, 3.05) is 0 Å². The van der Waals surface area contributed by atoms with Gasteiger partial charge in [-0.05, 0) is 68.7 Å². The van der Waals surface area contributed by atoms with Crippen molar-refractivity contribution in [3.63, 3.8) is 0 Å². The molecule has 0 aliphatic rings. The minimum atomic E-state index is 0.616. The molecule has 0 fully saturated rings. The Kier molecular flexibility index (Phi) is 4.14. The number of hydrogen-bond acceptors (Lipinski definition) is 1. The zero-order chi connectivity index (χ0) is 25.7. The first-order valence-electron chi connectivity index (χ1n) is 13.1. The largest absolute Gasteiger partial charge is 0.454 e. The van der Waals surface area contributed by atoms with Crippen molar-refractivity contribution in [3.05, 3.63) is 126 Å². The number of benzene rings is 7. The molecule has 0 atom stereocenters. The van der Waals surface area contributed by atoms with Gasteiger partial charge in [0.25, 0.3) is 0 Å². The highest BCUT2D eigenvalue weighted by Crippen LogP contribution is 2.44. The smallest absolute Gasteiger partial charge is 0.156 e. The lowest BCUT2D eigenvalue weighted by Gasteiger charge is -2.11. The van der Waals surface area contributed by atoms with Crippen LogP contribution in [0.25, 0.3) is 81.7 Å². The van der Waals surface area contributed by atoms with Crippen molar-refractivity contribution in [1.29, 1.82) is 0 Å². The highest BCUT2D eigenvalue weighted by molar-refractivity contribution is 6.37. The van der Waals surface area contributed by atoms with E-state index in [1.807, 2.05) is 6.07 Å². The monoisotopic (exact) mass is 517 g/mol. The van der Waals surface area contributed by atoms with Crippen molar-refractivity contribution in [1.82, 2.24) is 4.57 Å². The van der Waals surface area contributed by atoms with Crippen LogP contribution in [0.2, 0.25) is 5.02 Å². The van der Waals surface area contributed by atoms with E-state index in [1.165, 1.54) is 48.7 Å². The molecule has 0 radical (unpaired) electrons. The molecule has 0 amide bonds. The van der Waals surface area contributed by atoms with Gasteiger partial charge in [0.1, 0.15) is 5.58 Å². The molecule has 0 N–H and O–H groups in total. The summed E-state index contributed by atoms with van der Waals surface area (Å²) in [5.41, 5.74) is 4.96. The summed E-state index contributed by atoms with van der Waals surface area (Å²) in [5, 5.41) is 12.5. The molecule has 182 valence electrons. The Morgan fingerprint density at radius 3 is 1.69 bits per heavy atom. The van der Waals surface area contributed by atoms with E-state index in [-0.39, 0.29) is 0 Å². The van der Waals surface area contributed by atoms with Crippen LogP contribution in [-0.2, 0) is 0 Å². The molecule has 0 aliphatic heterocycles. The normalized spacial score (nSPS) is 12.2. The summed E-state index contributed by atoms with van der Waals surface area (Å²) >= 11 is 6.78. The van der Waals surface area contributed by atoms with E-state index in [1.54, 1.807) is 0 Å². The Bertz CT molecular complexity index is 2370. The lowest BCUT2D eigenvalue weighted by atomic mass is 10.00. The molecule has 2 heterocycles. The van der Waals surface area contributed by atoms with Gasteiger partial charge in [0, 0.05) is 16.2 Å². The molecule has 0 spiro atoms. The summed E-state index contributed by atoms with van der Waals surface area (Å²) in [7, 11) is 0. The van der Waals surface area contributed by atoms with Crippen LogP contribution in [0.5, 0.6) is 0 Å². The number of rotatable bonds is 1. The van der Waals surface area contributed by atoms with Crippen molar-refractivity contribution in [2.24, 2.45) is 0 Å². The molecule has 0 saturated heterocycles. The third-order valence-corrected chi connectivity index (χ3v) is 8.50. The van der Waals surface area contributed by atoms with Gasteiger partial charge in [-0.3, -0.25) is 0 Å². The first kappa shape index (κ1) is 21.2. The molecule has 7 aromatic carbocycles. The van der Waals surface area contributed by atoms with Gasteiger partial charge in [-0.15, -0.1) is 0 Å². The molecule has 2 aromatic heterocycles. The minimum absolute atomic E-state index is 0.616. The molecule has 0 unspecified atom stereocenters. The van der Waals surface area contributed by atoms with Crippen LogP contribution in [0.4, 0.5) is 0 Å². The van der Waals surface area contributed by atoms with Gasteiger partial charge in [0.2, 0.25) is 0 Å².